The van der Waals surface area contributed by atoms with Crippen LogP contribution in [0.5, 0.6) is 11.5 Å². The van der Waals surface area contributed by atoms with Crippen LogP contribution in [-0.4, -0.2) is 44.2 Å². The number of nitrogens with zero attached hydrogens (tertiary/aromatic N) is 1. The zero-order valence-corrected chi connectivity index (χ0v) is 14.9. The van der Waals surface area contributed by atoms with Gasteiger partial charge < -0.3 is 14.8 Å². The molecular weight excluding hydrogens is 304 g/mol. The molecule has 0 bridgehead atoms. The van der Waals surface area contributed by atoms with Gasteiger partial charge in [-0.05, 0) is 44.4 Å². The van der Waals surface area contributed by atoms with Crippen molar-refractivity contribution in [2.24, 2.45) is 0 Å². The predicted molar refractivity (Wildman–Crippen MR) is 95.6 cm³/mol. The van der Waals surface area contributed by atoms with Crippen LogP contribution >= 0.6 is 0 Å². The topological polar surface area (TPSA) is 50.8 Å². The highest BCUT2D eigenvalue weighted by atomic mass is 16.5. The molecule has 1 heterocycles. The lowest BCUT2D eigenvalue weighted by Gasteiger charge is -2.24. The number of benzene rings is 1. The fraction of sp³-hybridized carbons (Fsp3) is 0.526. The van der Waals surface area contributed by atoms with Crippen LogP contribution in [0.3, 0.4) is 0 Å². The quantitative estimate of drug-likeness (QED) is 0.743. The summed E-state index contributed by atoms with van der Waals surface area (Å²) in [5, 5.41) is 2.77. The van der Waals surface area contributed by atoms with Gasteiger partial charge in [0.2, 0.25) is 5.91 Å². The average Bonchev–Trinajstić information content (AvgIpc) is 3.03. The van der Waals surface area contributed by atoms with Crippen molar-refractivity contribution in [3.05, 3.63) is 35.9 Å². The van der Waals surface area contributed by atoms with E-state index in [2.05, 4.69) is 22.9 Å². The molecule has 1 fully saturated rings. The summed E-state index contributed by atoms with van der Waals surface area (Å²) in [6, 6.07) is 4.10. The van der Waals surface area contributed by atoms with E-state index < -0.39 is 0 Å². The van der Waals surface area contributed by atoms with Crippen molar-refractivity contribution in [1.29, 1.82) is 0 Å². The number of likely N-dealkylation sites (tertiary alicyclic amines) is 1. The molecule has 0 aromatic heterocycles. The standard InChI is InChI=1S/C19H28N2O3/c1-5-8-15-11-14(12-17(24-6-2)18(15)23-4)13-21-10-7-9-16(21)19(22)20-3/h5,11-12,16H,1,6-10,13H2,2-4H3,(H,20,22)/t16-/m0/s1. The van der Waals surface area contributed by atoms with Gasteiger partial charge in [-0.1, -0.05) is 12.1 Å². The monoisotopic (exact) mass is 332 g/mol. The molecule has 1 aromatic rings. The van der Waals surface area contributed by atoms with Gasteiger partial charge in [-0.3, -0.25) is 9.69 Å². The summed E-state index contributed by atoms with van der Waals surface area (Å²) in [6.07, 6.45) is 4.54. The molecule has 1 N–H and O–H groups in total. The summed E-state index contributed by atoms with van der Waals surface area (Å²) in [5.41, 5.74) is 2.19. The Morgan fingerprint density at radius 2 is 2.29 bits per heavy atom. The lowest BCUT2D eigenvalue weighted by Crippen LogP contribution is -2.41. The molecule has 1 aromatic carbocycles. The molecule has 1 amide bonds. The van der Waals surface area contributed by atoms with Crippen molar-refractivity contribution in [2.75, 3.05) is 27.3 Å². The smallest absolute Gasteiger partial charge is 0.237 e. The molecule has 1 atom stereocenters. The molecule has 2 rings (SSSR count). The maximum atomic E-state index is 12.0. The average molecular weight is 332 g/mol. The van der Waals surface area contributed by atoms with Crippen LogP contribution in [0.25, 0.3) is 0 Å². The Bertz CT molecular complexity index is 586. The first-order valence-electron chi connectivity index (χ1n) is 8.53. The number of methoxy groups -OCH3 is 1. The number of nitrogens with one attached hydrogen (secondary N) is 1. The van der Waals surface area contributed by atoms with Gasteiger partial charge in [0, 0.05) is 19.2 Å². The molecular formula is C19H28N2O3. The van der Waals surface area contributed by atoms with Crippen LogP contribution in [0.2, 0.25) is 0 Å². The number of hydrogen-bond donors (Lipinski definition) is 1. The number of likely N-dealkylation sites (N-methyl/N-ethyl adjacent to an activating group) is 1. The van der Waals surface area contributed by atoms with Crippen molar-refractivity contribution < 1.29 is 14.3 Å². The van der Waals surface area contributed by atoms with Crippen LogP contribution < -0.4 is 14.8 Å². The Morgan fingerprint density at radius 3 is 2.92 bits per heavy atom. The number of rotatable bonds is 8. The van der Waals surface area contributed by atoms with E-state index in [1.807, 2.05) is 19.1 Å². The fourth-order valence-electron chi connectivity index (χ4n) is 3.33. The zero-order valence-electron chi connectivity index (χ0n) is 14.9. The van der Waals surface area contributed by atoms with Gasteiger partial charge in [-0.15, -0.1) is 6.58 Å². The number of hydrogen-bond acceptors (Lipinski definition) is 4. The predicted octanol–water partition coefficient (Wildman–Crippen LogP) is 2.53. The van der Waals surface area contributed by atoms with Crippen molar-refractivity contribution in [1.82, 2.24) is 10.2 Å². The molecule has 1 saturated heterocycles. The van der Waals surface area contributed by atoms with E-state index in [9.17, 15) is 4.79 Å². The van der Waals surface area contributed by atoms with Crippen molar-refractivity contribution in [3.63, 3.8) is 0 Å². The second-order valence-corrected chi connectivity index (χ2v) is 5.95. The molecule has 5 nitrogen and oxygen atoms in total. The molecule has 1 aliphatic rings. The molecule has 0 spiro atoms. The van der Waals surface area contributed by atoms with Gasteiger partial charge in [-0.2, -0.15) is 0 Å². The van der Waals surface area contributed by atoms with Gasteiger partial charge >= 0.3 is 0 Å². The normalized spacial score (nSPS) is 17.5. The van der Waals surface area contributed by atoms with Crippen LogP contribution in [-0.2, 0) is 17.8 Å². The lowest BCUT2D eigenvalue weighted by molar-refractivity contribution is -0.125. The lowest BCUT2D eigenvalue weighted by atomic mass is 10.0. The van der Waals surface area contributed by atoms with Crippen molar-refractivity contribution in [2.45, 2.75) is 38.8 Å². The van der Waals surface area contributed by atoms with E-state index in [1.54, 1.807) is 14.2 Å². The number of allylic oxidation sites excluding steroid dienone is 1. The maximum Gasteiger partial charge on any atom is 0.237 e. The number of carbonyl (C=O) groups excluding carboxylic acids is 1. The highest BCUT2D eigenvalue weighted by Crippen LogP contribution is 2.34. The van der Waals surface area contributed by atoms with Crippen LogP contribution in [0.15, 0.2) is 24.8 Å². The van der Waals surface area contributed by atoms with E-state index in [0.29, 0.717) is 6.61 Å². The fourth-order valence-corrected chi connectivity index (χ4v) is 3.33. The van der Waals surface area contributed by atoms with Crippen LogP contribution in [0, 0.1) is 0 Å². The number of amides is 1. The highest BCUT2D eigenvalue weighted by Gasteiger charge is 2.30. The van der Waals surface area contributed by atoms with Crippen LogP contribution in [0.1, 0.15) is 30.9 Å². The van der Waals surface area contributed by atoms with Gasteiger partial charge in [0.1, 0.15) is 0 Å². The molecule has 132 valence electrons. The Labute approximate surface area is 144 Å². The number of carbonyl (C=O) groups is 1. The van der Waals surface area contributed by atoms with Crippen molar-refractivity contribution >= 4 is 5.91 Å². The van der Waals surface area contributed by atoms with E-state index in [-0.39, 0.29) is 11.9 Å². The van der Waals surface area contributed by atoms with E-state index in [4.69, 9.17) is 9.47 Å². The maximum absolute atomic E-state index is 12.0. The third-order valence-electron chi connectivity index (χ3n) is 4.36. The Balaban J connectivity index is 2.28. The Hall–Kier alpha value is -2.01. The van der Waals surface area contributed by atoms with Gasteiger partial charge in [0.15, 0.2) is 11.5 Å². The zero-order chi connectivity index (χ0) is 17.5. The minimum absolute atomic E-state index is 0.0458. The first-order chi connectivity index (χ1) is 11.6. The summed E-state index contributed by atoms with van der Waals surface area (Å²) >= 11 is 0. The van der Waals surface area contributed by atoms with Gasteiger partial charge in [0.05, 0.1) is 19.8 Å². The minimum Gasteiger partial charge on any atom is -0.493 e. The number of ether oxygens (including phenoxy) is 2. The Morgan fingerprint density at radius 1 is 1.50 bits per heavy atom. The summed E-state index contributed by atoms with van der Waals surface area (Å²) in [5.74, 6) is 1.62. The summed E-state index contributed by atoms with van der Waals surface area (Å²) < 4.78 is 11.3. The minimum atomic E-state index is -0.0458. The second kappa shape index (κ2) is 8.73. The molecule has 24 heavy (non-hydrogen) atoms. The van der Waals surface area contributed by atoms with Crippen LogP contribution in [0.4, 0.5) is 0 Å². The Kier molecular flexibility index (Phi) is 6.67. The SMILES string of the molecule is C=CCc1cc(CN2CCC[C@H]2C(=O)NC)cc(OCC)c1OC. The first kappa shape index (κ1) is 18.3. The van der Waals surface area contributed by atoms with E-state index >= 15 is 0 Å². The third-order valence-corrected chi connectivity index (χ3v) is 4.36. The van der Waals surface area contributed by atoms with E-state index in [0.717, 1.165) is 55.0 Å². The summed E-state index contributed by atoms with van der Waals surface area (Å²) in [7, 11) is 3.35. The molecule has 1 aliphatic heterocycles. The van der Waals surface area contributed by atoms with Gasteiger partial charge in [-0.25, -0.2) is 0 Å². The third kappa shape index (κ3) is 4.09. The largest absolute Gasteiger partial charge is 0.493 e. The first-order valence-corrected chi connectivity index (χ1v) is 8.53. The second-order valence-electron chi connectivity index (χ2n) is 5.95. The van der Waals surface area contributed by atoms with E-state index in [1.165, 1.54) is 0 Å². The van der Waals surface area contributed by atoms with Crippen molar-refractivity contribution in [3.8, 4) is 11.5 Å². The summed E-state index contributed by atoms with van der Waals surface area (Å²) in [6.45, 7) is 8.03. The molecule has 0 saturated carbocycles. The van der Waals surface area contributed by atoms with Gasteiger partial charge in [0.25, 0.3) is 0 Å². The molecule has 0 aliphatic carbocycles. The molecule has 0 unspecified atom stereocenters. The highest BCUT2D eigenvalue weighted by molar-refractivity contribution is 5.81. The molecule has 5 heteroatoms. The molecule has 0 radical (unpaired) electrons. The summed E-state index contributed by atoms with van der Waals surface area (Å²) in [4.78, 5) is 14.3.